The number of ether oxygens (including phenoxy) is 1. The summed E-state index contributed by atoms with van der Waals surface area (Å²) < 4.78 is 5.12. The molecule has 120 valence electrons. The van der Waals surface area contributed by atoms with Gasteiger partial charge in [0.25, 0.3) is 0 Å². The van der Waals surface area contributed by atoms with Crippen LogP contribution in [0.4, 0.5) is 0 Å². The summed E-state index contributed by atoms with van der Waals surface area (Å²) in [6.07, 6.45) is 15.2. The zero-order chi connectivity index (χ0) is 14.9. The van der Waals surface area contributed by atoms with Gasteiger partial charge in [0.15, 0.2) is 0 Å². The second kappa shape index (κ2) is 9.26. The first-order valence-corrected chi connectivity index (χ1v) is 8.61. The Morgan fingerprint density at radius 2 is 2.05 bits per heavy atom. The third-order valence-electron chi connectivity index (χ3n) is 4.64. The van der Waals surface area contributed by atoms with Crippen molar-refractivity contribution < 1.29 is 9.57 Å². The highest BCUT2D eigenvalue weighted by Crippen LogP contribution is 2.41. The largest absolute Gasteiger partial charge is 0.501 e. The molecule has 0 amide bonds. The summed E-state index contributed by atoms with van der Waals surface area (Å²) in [6, 6.07) is 0. The van der Waals surface area contributed by atoms with E-state index >= 15 is 0 Å². The first kappa shape index (κ1) is 16.6. The number of nitrogens with one attached hydrogen (secondary N) is 1. The zero-order valence-corrected chi connectivity index (χ0v) is 13.6. The molecular formula is C18H31NO2. The van der Waals surface area contributed by atoms with E-state index in [0.29, 0.717) is 12.5 Å². The fourth-order valence-electron chi connectivity index (χ4n) is 3.54. The van der Waals surface area contributed by atoms with Gasteiger partial charge in [-0.3, -0.25) is 0 Å². The maximum Gasteiger partial charge on any atom is 0.0845 e. The molecule has 1 aliphatic heterocycles. The maximum absolute atomic E-state index is 5.17. The molecule has 3 unspecified atom stereocenters. The van der Waals surface area contributed by atoms with Gasteiger partial charge in [0.1, 0.15) is 0 Å². The standard InChI is InChI=1S/C10H17NO2.C8H14/c1-3-12-5-4-10-6-9(2)8-13-11-7-10;1-2-7-4-5-8(3-1)6-7/h4-6,9,11H,3,7-8H2,1-2H3;7-8H,1-6H2/b5-4-;. The predicted octanol–water partition coefficient (Wildman–Crippen LogP) is 4.22. The average Bonchev–Trinajstić information content (AvgIpc) is 2.69. The van der Waals surface area contributed by atoms with E-state index in [1.165, 1.54) is 12.0 Å². The van der Waals surface area contributed by atoms with E-state index in [4.69, 9.17) is 9.57 Å². The smallest absolute Gasteiger partial charge is 0.0845 e. The summed E-state index contributed by atoms with van der Waals surface area (Å²) in [5.74, 6) is 2.78. The molecule has 0 aromatic heterocycles. The van der Waals surface area contributed by atoms with Gasteiger partial charge in [-0.05, 0) is 42.7 Å². The van der Waals surface area contributed by atoms with Crippen molar-refractivity contribution in [2.45, 2.75) is 52.4 Å². The first-order chi connectivity index (χ1) is 10.3. The second-order valence-corrected chi connectivity index (χ2v) is 6.59. The van der Waals surface area contributed by atoms with Crippen LogP contribution in [0.3, 0.4) is 0 Å². The molecule has 2 saturated carbocycles. The molecule has 0 aromatic rings. The molecule has 21 heavy (non-hydrogen) atoms. The lowest BCUT2D eigenvalue weighted by atomic mass is 9.89. The normalized spacial score (nSPS) is 32.1. The van der Waals surface area contributed by atoms with Gasteiger partial charge in [-0.25, -0.2) is 0 Å². The molecule has 1 heterocycles. The van der Waals surface area contributed by atoms with E-state index in [2.05, 4.69) is 18.5 Å². The topological polar surface area (TPSA) is 30.5 Å². The Hall–Kier alpha value is -0.800. The van der Waals surface area contributed by atoms with Crippen molar-refractivity contribution in [3.63, 3.8) is 0 Å². The quantitative estimate of drug-likeness (QED) is 0.790. The molecule has 3 atom stereocenters. The van der Waals surface area contributed by atoms with Gasteiger partial charge in [0.2, 0.25) is 0 Å². The minimum absolute atomic E-state index is 0.455. The van der Waals surface area contributed by atoms with Crippen molar-refractivity contribution in [2.24, 2.45) is 17.8 Å². The lowest BCUT2D eigenvalue weighted by Gasteiger charge is -2.16. The van der Waals surface area contributed by atoms with Crippen LogP contribution in [0.25, 0.3) is 0 Å². The molecule has 3 nitrogen and oxygen atoms in total. The SMILES string of the molecule is C1CC2CCC(C1)C2.CCO/C=C\C1=CC(C)CONC1. The lowest BCUT2D eigenvalue weighted by molar-refractivity contribution is 0.0397. The van der Waals surface area contributed by atoms with Crippen LogP contribution in [0.2, 0.25) is 0 Å². The van der Waals surface area contributed by atoms with Crippen molar-refractivity contribution in [1.82, 2.24) is 5.48 Å². The Balaban J connectivity index is 0.000000170. The molecule has 0 radical (unpaired) electrons. The fourth-order valence-corrected chi connectivity index (χ4v) is 3.54. The van der Waals surface area contributed by atoms with Gasteiger partial charge < -0.3 is 9.57 Å². The highest BCUT2D eigenvalue weighted by molar-refractivity contribution is 5.20. The molecule has 3 rings (SSSR count). The third kappa shape index (κ3) is 6.23. The molecule has 2 bridgehead atoms. The zero-order valence-electron chi connectivity index (χ0n) is 13.6. The third-order valence-corrected chi connectivity index (χ3v) is 4.64. The van der Waals surface area contributed by atoms with Gasteiger partial charge in [-0.2, -0.15) is 5.48 Å². The number of hydroxylamine groups is 1. The summed E-state index contributed by atoms with van der Waals surface area (Å²) in [4.78, 5) is 5.17. The Morgan fingerprint density at radius 3 is 2.71 bits per heavy atom. The first-order valence-electron chi connectivity index (χ1n) is 8.61. The second-order valence-electron chi connectivity index (χ2n) is 6.59. The Morgan fingerprint density at radius 1 is 1.29 bits per heavy atom. The number of hydrogen-bond acceptors (Lipinski definition) is 3. The van der Waals surface area contributed by atoms with Crippen molar-refractivity contribution in [3.8, 4) is 0 Å². The van der Waals surface area contributed by atoms with Gasteiger partial charge >= 0.3 is 0 Å². The molecule has 1 N–H and O–H groups in total. The van der Waals surface area contributed by atoms with Gasteiger partial charge in [0, 0.05) is 6.54 Å². The molecule has 0 saturated heterocycles. The van der Waals surface area contributed by atoms with Gasteiger partial charge in [0.05, 0.1) is 19.5 Å². The average molecular weight is 293 g/mol. The van der Waals surface area contributed by atoms with E-state index in [1.807, 2.05) is 13.0 Å². The summed E-state index contributed by atoms with van der Waals surface area (Å²) in [5, 5.41) is 0. The molecule has 2 fully saturated rings. The van der Waals surface area contributed by atoms with Crippen LogP contribution in [-0.2, 0) is 9.57 Å². The molecule has 2 aliphatic carbocycles. The Kier molecular flexibility index (Phi) is 7.31. The van der Waals surface area contributed by atoms with Crippen LogP contribution < -0.4 is 5.48 Å². The van der Waals surface area contributed by atoms with E-state index in [1.54, 1.807) is 38.4 Å². The summed E-state index contributed by atoms with van der Waals surface area (Å²) in [6.45, 7) is 6.28. The Labute approximate surface area is 129 Å². The van der Waals surface area contributed by atoms with Gasteiger partial charge in [-0.1, -0.05) is 45.1 Å². The molecular weight excluding hydrogens is 262 g/mol. The number of hydrogen-bond donors (Lipinski definition) is 1. The van der Waals surface area contributed by atoms with Gasteiger partial charge in [-0.15, -0.1) is 0 Å². The molecule has 3 heteroatoms. The minimum Gasteiger partial charge on any atom is -0.501 e. The van der Waals surface area contributed by atoms with Crippen LogP contribution in [0.15, 0.2) is 24.0 Å². The molecule has 0 spiro atoms. The summed E-state index contributed by atoms with van der Waals surface area (Å²) in [7, 11) is 0. The van der Waals surface area contributed by atoms with E-state index in [0.717, 1.165) is 25.0 Å². The fraction of sp³-hybridized carbons (Fsp3) is 0.778. The highest BCUT2D eigenvalue weighted by Gasteiger charge is 2.27. The summed E-state index contributed by atoms with van der Waals surface area (Å²) in [5.41, 5.74) is 4.09. The minimum atomic E-state index is 0.455. The number of rotatable bonds is 3. The summed E-state index contributed by atoms with van der Waals surface area (Å²) >= 11 is 0. The van der Waals surface area contributed by atoms with Crippen molar-refractivity contribution in [1.29, 1.82) is 0 Å². The van der Waals surface area contributed by atoms with E-state index < -0.39 is 0 Å². The molecule has 0 aromatic carbocycles. The van der Waals surface area contributed by atoms with E-state index in [-0.39, 0.29) is 0 Å². The van der Waals surface area contributed by atoms with Crippen molar-refractivity contribution in [3.05, 3.63) is 24.0 Å². The monoisotopic (exact) mass is 293 g/mol. The Bertz CT molecular complexity index is 337. The van der Waals surface area contributed by atoms with Crippen LogP contribution >= 0.6 is 0 Å². The van der Waals surface area contributed by atoms with Crippen LogP contribution in [0.5, 0.6) is 0 Å². The maximum atomic E-state index is 5.17. The van der Waals surface area contributed by atoms with Crippen LogP contribution in [0.1, 0.15) is 52.4 Å². The lowest BCUT2D eigenvalue weighted by Crippen LogP contribution is -2.16. The van der Waals surface area contributed by atoms with Crippen LogP contribution in [-0.4, -0.2) is 19.8 Å². The predicted molar refractivity (Wildman–Crippen MR) is 86.6 cm³/mol. The molecule has 3 aliphatic rings. The van der Waals surface area contributed by atoms with Crippen LogP contribution in [0, 0.1) is 17.8 Å². The number of fused-ring (bicyclic) bond motifs is 2. The van der Waals surface area contributed by atoms with Crippen molar-refractivity contribution >= 4 is 0 Å². The van der Waals surface area contributed by atoms with Crippen molar-refractivity contribution in [2.75, 3.05) is 19.8 Å². The van der Waals surface area contributed by atoms with E-state index in [9.17, 15) is 0 Å². The highest BCUT2D eigenvalue weighted by atomic mass is 16.6.